The van der Waals surface area contributed by atoms with E-state index in [0.29, 0.717) is 11.5 Å². The Hall–Kier alpha value is -0.500. The number of allylic oxidation sites excluding steroid dienone is 1. The molecule has 0 N–H and O–H groups in total. The predicted molar refractivity (Wildman–Crippen MR) is 153 cm³/mol. The monoisotopic (exact) mass is 480 g/mol. The summed E-state index contributed by atoms with van der Waals surface area (Å²) in [6.07, 6.45) is 32.6. The molecule has 2 heteroatoms. The van der Waals surface area contributed by atoms with Gasteiger partial charge in [0.15, 0.2) is 0 Å². The van der Waals surface area contributed by atoms with Crippen molar-refractivity contribution in [2.75, 3.05) is 13.2 Å². The van der Waals surface area contributed by atoms with Gasteiger partial charge in [0, 0.05) is 6.61 Å². The molecule has 1 atom stereocenters. The van der Waals surface area contributed by atoms with E-state index in [1.54, 1.807) is 0 Å². The van der Waals surface area contributed by atoms with Crippen molar-refractivity contribution in [2.24, 2.45) is 5.41 Å². The largest absolute Gasteiger partial charge is 0.502 e. The van der Waals surface area contributed by atoms with E-state index in [1.807, 2.05) is 6.26 Å². The zero-order valence-electron chi connectivity index (χ0n) is 24.3. The summed E-state index contributed by atoms with van der Waals surface area (Å²) in [7, 11) is 0. The molecule has 0 rings (SSSR count). The number of unbranched alkanes of at least 4 members (excludes halogenated alkanes) is 8. The SMILES string of the molecule is CCC=COCCCC(CCCCCCCCC(CCCC)(CCCC)CCCC)OCCC. The average molecular weight is 481 g/mol. The van der Waals surface area contributed by atoms with Crippen LogP contribution in [0.2, 0.25) is 0 Å². The van der Waals surface area contributed by atoms with E-state index in [0.717, 1.165) is 38.9 Å². The lowest BCUT2D eigenvalue weighted by atomic mass is 9.71. The predicted octanol–water partition coefficient (Wildman–Crippen LogP) is 11.2. The van der Waals surface area contributed by atoms with Crippen molar-refractivity contribution < 1.29 is 9.47 Å². The maximum Gasteiger partial charge on any atom is 0.0874 e. The third-order valence-corrected chi connectivity index (χ3v) is 7.44. The van der Waals surface area contributed by atoms with Gasteiger partial charge in [0.25, 0.3) is 0 Å². The fraction of sp³-hybridized carbons (Fsp3) is 0.938. The maximum atomic E-state index is 6.12. The van der Waals surface area contributed by atoms with Crippen molar-refractivity contribution in [3.63, 3.8) is 0 Å². The van der Waals surface area contributed by atoms with Gasteiger partial charge in [-0.25, -0.2) is 0 Å². The highest BCUT2D eigenvalue weighted by molar-refractivity contribution is 4.79. The summed E-state index contributed by atoms with van der Waals surface area (Å²) < 4.78 is 11.7. The minimum absolute atomic E-state index is 0.426. The van der Waals surface area contributed by atoms with Crippen LogP contribution >= 0.6 is 0 Å². The van der Waals surface area contributed by atoms with E-state index in [4.69, 9.17) is 9.47 Å². The number of rotatable bonds is 27. The van der Waals surface area contributed by atoms with Gasteiger partial charge in [0.05, 0.1) is 19.0 Å². The standard InChI is InChI=1S/C32H64O2/c1-6-11-24-32(25-12-7-2,26-13-8-3)27-20-18-16-15-17-19-22-31(34-28-10-5)23-21-30-33-29-14-9-4/h14,29,31H,6-13,15-28,30H2,1-5H3. The fourth-order valence-corrected chi connectivity index (χ4v) is 5.21. The smallest absolute Gasteiger partial charge is 0.0874 e. The van der Waals surface area contributed by atoms with Gasteiger partial charge in [-0.15, -0.1) is 0 Å². The Morgan fingerprint density at radius 3 is 1.65 bits per heavy atom. The van der Waals surface area contributed by atoms with Crippen LogP contribution in [0.15, 0.2) is 12.3 Å². The van der Waals surface area contributed by atoms with Gasteiger partial charge < -0.3 is 9.47 Å². The molecule has 2 nitrogen and oxygen atoms in total. The van der Waals surface area contributed by atoms with Crippen molar-refractivity contribution in [3.8, 4) is 0 Å². The first-order valence-electron chi connectivity index (χ1n) is 15.6. The lowest BCUT2D eigenvalue weighted by Gasteiger charge is -2.35. The Morgan fingerprint density at radius 1 is 0.559 bits per heavy atom. The molecule has 34 heavy (non-hydrogen) atoms. The van der Waals surface area contributed by atoms with E-state index in [1.165, 1.54) is 109 Å². The van der Waals surface area contributed by atoms with Gasteiger partial charge in [0.2, 0.25) is 0 Å². The molecule has 0 aliphatic heterocycles. The molecule has 0 spiro atoms. The normalized spacial score (nSPS) is 13.1. The van der Waals surface area contributed by atoms with Crippen molar-refractivity contribution in [1.29, 1.82) is 0 Å². The molecular weight excluding hydrogens is 416 g/mol. The molecule has 0 aromatic carbocycles. The molecule has 0 aliphatic carbocycles. The van der Waals surface area contributed by atoms with E-state index >= 15 is 0 Å². The minimum Gasteiger partial charge on any atom is -0.502 e. The molecule has 0 aliphatic rings. The Morgan fingerprint density at radius 2 is 1.09 bits per heavy atom. The Balaban J connectivity index is 4.15. The summed E-state index contributed by atoms with van der Waals surface area (Å²) in [5.41, 5.74) is 0.655. The Bertz CT molecular complexity index is 395. The lowest BCUT2D eigenvalue weighted by molar-refractivity contribution is 0.0352. The van der Waals surface area contributed by atoms with Gasteiger partial charge >= 0.3 is 0 Å². The molecule has 0 saturated heterocycles. The second kappa shape index (κ2) is 25.6. The number of hydrogen-bond acceptors (Lipinski definition) is 2. The minimum atomic E-state index is 0.426. The summed E-state index contributed by atoms with van der Waals surface area (Å²) in [6.45, 7) is 13.1. The third-order valence-electron chi connectivity index (χ3n) is 7.44. The van der Waals surface area contributed by atoms with E-state index in [2.05, 4.69) is 40.7 Å². The summed E-state index contributed by atoms with van der Waals surface area (Å²) in [4.78, 5) is 0. The van der Waals surface area contributed by atoms with Crippen LogP contribution < -0.4 is 0 Å². The molecule has 1 unspecified atom stereocenters. The quantitative estimate of drug-likeness (QED) is 0.0859. The molecular formula is C32H64O2. The third kappa shape index (κ3) is 19.8. The van der Waals surface area contributed by atoms with Gasteiger partial charge in [-0.1, -0.05) is 118 Å². The van der Waals surface area contributed by atoms with Crippen LogP contribution in [-0.2, 0) is 9.47 Å². The first-order valence-corrected chi connectivity index (χ1v) is 15.6. The van der Waals surface area contributed by atoms with Crippen LogP contribution in [0.3, 0.4) is 0 Å². The van der Waals surface area contributed by atoms with Crippen molar-refractivity contribution in [3.05, 3.63) is 12.3 Å². The Labute approximate surface area is 216 Å². The highest BCUT2D eigenvalue weighted by Crippen LogP contribution is 2.41. The van der Waals surface area contributed by atoms with Crippen LogP contribution in [0.25, 0.3) is 0 Å². The zero-order valence-corrected chi connectivity index (χ0v) is 24.3. The average Bonchev–Trinajstić information content (AvgIpc) is 2.86. The summed E-state index contributed by atoms with van der Waals surface area (Å²) >= 11 is 0. The van der Waals surface area contributed by atoms with Crippen LogP contribution in [0.5, 0.6) is 0 Å². The molecule has 0 fully saturated rings. The molecule has 0 saturated carbocycles. The Kier molecular flexibility index (Phi) is 25.2. The van der Waals surface area contributed by atoms with Crippen molar-refractivity contribution >= 4 is 0 Å². The zero-order chi connectivity index (χ0) is 25.2. The molecule has 0 aromatic heterocycles. The van der Waals surface area contributed by atoms with Crippen LogP contribution in [0, 0.1) is 5.41 Å². The highest BCUT2D eigenvalue weighted by Gasteiger charge is 2.27. The van der Waals surface area contributed by atoms with E-state index < -0.39 is 0 Å². The first kappa shape index (κ1) is 33.5. The van der Waals surface area contributed by atoms with E-state index in [9.17, 15) is 0 Å². The molecule has 0 bridgehead atoms. The summed E-state index contributed by atoms with van der Waals surface area (Å²) in [5.74, 6) is 0. The lowest BCUT2D eigenvalue weighted by Crippen LogP contribution is -2.21. The van der Waals surface area contributed by atoms with Crippen LogP contribution in [-0.4, -0.2) is 19.3 Å². The van der Waals surface area contributed by atoms with Gasteiger partial charge in [-0.05, 0) is 63.2 Å². The van der Waals surface area contributed by atoms with E-state index in [-0.39, 0.29) is 0 Å². The second-order valence-corrected chi connectivity index (χ2v) is 10.8. The van der Waals surface area contributed by atoms with Gasteiger partial charge in [-0.2, -0.15) is 0 Å². The molecule has 0 radical (unpaired) electrons. The molecule has 0 heterocycles. The number of hydrogen-bond donors (Lipinski definition) is 0. The summed E-state index contributed by atoms with van der Waals surface area (Å²) in [5, 5.41) is 0. The van der Waals surface area contributed by atoms with Crippen molar-refractivity contribution in [1.82, 2.24) is 0 Å². The van der Waals surface area contributed by atoms with Crippen molar-refractivity contribution in [2.45, 2.75) is 176 Å². The molecule has 0 amide bonds. The first-order chi connectivity index (χ1) is 16.7. The highest BCUT2D eigenvalue weighted by atomic mass is 16.5. The molecule has 0 aromatic rings. The maximum absolute atomic E-state index is 6.12. The fourth-order valence-electron chi connectivity index (χ4n) is 5.21. The van der Waals surface area contributed by atoms with Gasteiger partial charge in [-0.3, -0.25) is 0 Å². The van der Waals surface area contributed by atoms with Gasteiger partial charge in [0.1, 0.15) is 0 Å². The second-order valence-electron chi connectivity index (χ2n) is 10.8. The molecule has 204 valence electrons. The topological polar surface area (TPSA) is 18.5 Å². The number of ether oxygens (including phenoxy) is 2. The summed E-state index contributed by atoms with van der Waals surface area (Å²) in [6, 6.07) is 0. The van der Waals surface area contributed by atoms with Crippen LogP contribution in [0.4, 0.5) is 0 Å². The van der Waals surface area contributed by atoms with Crippen LogP contribution in [0.1, 0.15) is 169 Å².